The van der Waals surface area contributed by atoms with Gasteiger partial charge in [0.2, 0.25) is 0 Å². The molecule has 0 aromatic heterocycles. The second-order valence-electron chi connectivity index (χ2n) is 7.68. The Morgan fingerprint density at radius 3 is 1.65 bits per heavy atom. The molecule has 5 nitrogen and oxygen atoms in total. The van der Waals surface area contributed by atoms with Crippen molar-refractivity contribution in [1.82, 2.24) is 0 Å². The summed E-state index contributed by atoms with van der Waals surface area (Å²) in [4.78, 5) is 10.8. The number of nitrogens with zero attached hydrogens (tertiary/aromatic N) is 2. The fourth-order valence-corrected chi connectivity index (χ4v) is 4.08. The van der Waals surface area contributed by atoms with E-state index in [1.165, 1.54) is 33.6 Å². The van der Waals surface area contributed by atoms with Crippen LogP contribution in [0.1, 0.15) is 22.7 Å². The molecule has 1 aliphatic heterocycles. The van der Waals surface area contributed by atoms with E-state index < -0.39 is 5.09 Å². The van der Waals surface area contributed by atoms with E-state index >= 15 is 0 Å². The Morgan fingerprint density at radius 2 is 1.12 bits per heavy atom. The fourth-order valence-electron chi connectivity index (χ4n) is 4.08. The summed E-state index contributed by atoms with van der Waals surface area (Å²) in [5.74, 6) is 0. The molecule has 4 aromatic rings. The molecular formula is C29H24N2O3. The van der Waals surface area contributed by atoms with Crippen LogP contribution in [0.4, 0.5) is 5.69 Å². The first-order chi connectivity index (χ1) is 16.6. The van der Waals surface area contributed by atoms with Crippen LogP contribution in [-0.2, 0) is 0 Å². The number of para-hydroxylation sites is 1. The fraction of sp³-hybridized carbons (Fsp3) is 0.0345. The molecular weight excluding hydrogens is 424 g/mol. The van der Waals surface area contributed by atoms with Crippen molar-refractivity contribution in [3.63, 3.8) is 0 Å². The Kier molecular flexibility index (Phi) is 7.16. The Bertz CT molecular complexity index is 1270. The van der Waals surface area contributed by atoms with Crippen molar-refractivity contribution < 1.29 is 10.3 Å². The van der Waals surface area contributed by atoms with Gasteiger partial charge in [0.15, 0.2) is 0 Å². The molecule has 0 fully saturated rings. The summed E-state index contributed by atoms with van der Waals surface area (Å²) < 4.78 is 0. The highest BCUT2D eigenvalue weighted by Gasteiger charge is 2.27. The predicted octanol–water partition coefficient (Wildman–Crippen LogP) is 7.02. The monoisotopic (exact) mass is 448 g/mol. The molecule has 1 atom stereocenters. The van der Waals surface area contributed by atoms with Crippen LogP contribution < -0.4 is 4.90 Å². The van der Waals surface area contributed by atoms with E-state index in [4.69, 9.17) is 15.3 Å². The second kappa shape index (κ2) is 10.8. The van der Waals surface area contributed by atoms with Crippen molar-refractivity contribution in [1.29, 1.82) is 0 Å². The van der Waals surface area contributed by atoms with Gasteiger partial charge >= 0.3 is 0 Å². The van der Waals surface area contributed by atoms with Gasteiger partial charge in [0.1, 0.15) is 0 Å². The lowest BCUT2D eigenvalue weighted by Crippen LogP contribution is -2.28. The summed E-state index contributed by atoms with van der Waals surface area (Å²) in [6.07, 6.45) is 4.70. The highest BCUT2D eigenvalue weighted by atomic mass is 16.9. The zero-order chi connectivity index (χ0) is 23.8. The van der Waals surface area contributed by atoms with Gasteiger partial charge in [-0.2, -0.15) is 0 Å². The third-order valence-electron chi connectivity index (χ3n) is 5.52. The van der Waals surface area contributed by atoms with E-state index in [0.717, 1.165) is 0 Å². The van der Waals surface area contributed by atoms with Gasteiger partial charge in [0.05, 0.1) is 6.04 Å². The molecule has 0 saturated heterocycles. The van der Waals surface area contributed by atoms with Crippen LogP contribution in [0.2, 0.25) is 0 Å². The molecule has 1 heterocycles. The van der Waals surface area contributed by atoms with Gasteiger partial charge in [-0.05, 0) is 46.5 Å². The second-order valence-corrected chi connectivity index (χ2v) is 7.68. The summed E-state index contributed by atoms with van der Waals surface area (Å²) in [5.41, 5.74) is 7.36. The van der Waals surface area contributed by atoms with Crippen LogP contribution in [0.15, 0.2) is 133 Å². The Hall–Kier alpha value is -4.64. The molecule has 168 valence electrons. The van der Waals surface area contributed by atoms with Gasteiger partial charge in [0, 0.05) is 11.4 Å². The average Bonchev–Trinajstić information content (AvgIpc) is 2.90. The third-order valence-corrected chi connectivity index (χ3v) is 5.52. The minimum Gasteiger partial charge on any atom is -0.330 e. The van der Waals surface area contributed by atoms with Crippen LogP contribution in [-0.4, -0.2) is 10.3 Å². The topological polar surface area (TPSA) is 66.6 Å². The van der Waals surface area contributed by atoms with E-state index in [1.807, 2.05) is 0 Å². The van der Waals surface area contributed by atoms with Gasteiger partial charge in [-0.1, -0.05) is 109 Å². The standard InChI is InChI=1S/C29H23N.HNO3/c1-5-13-23(14-6-1)26-21-28(24-15-7-2-8-16-24)30(27-19-11-4-12-20-27)29(22-26)25-17-9-3-10-18-25;2-1(3)4/h1-22,28H;(H,2,3,4). The first-order valence-electron chi connectivity index (χ1n) is 10.9. The van der Waals surface area contributed by atoms with E-state index in [2.05, 4.69) is 138 Å². The Labute approximate surface area is 198 Å². The summed E-state index contributed by atoms with van der Waals surface area (Å²) >= 11 is 0. The maximum atomic E-state index is 8.36. The zero-order valence-corrected chi connectivity index (χ0v) is 18.4. The molecule has 5 heteroatoms. The van der Waals surface area contributed by atoms with Crippen LogP contribution >= 0.6 is 0 Å². The maximum absolute atomic E-state index is 8.36. The zero-order valence-electron chi connectivity index (χ0n) is 18.4. The predicted molar refractivity (Wildman–Crippen MR) is 136 cm³/mol. The minimum absolute atomic E-state index is 0.101. The summed E-state index contributed by atoms with van der Waals surface area (Å²) in [7, 11) is 0. The molecule has 4 aromatic carbocycles. The van der Waals surface area contributed by atoms with Crippen LogP contribution in [0.5, 0.6) is 0 Å². The maximum Gasteiger partial charge on any atom is 0.291 e. The molecule has 0 aliphatic carbocycles. The lowest BCUT2D eigenvalue weighted by molar-refractivity contribution is -0.742. The first-order valence-corrected chi connectivity index (χ1v) is 10.9. The smallest absolute Gasteiger partial charge is 0.291 e. The van der Waals surface area contributed by atoms with E-state index in [-0.39, 0.29) is 6.04 Å². The molecule has 34 heavy (non-hydrogen) atoms. The molecule has 1 aliphatic rings. The SMILES string of the molecule is C1=C(c2ccccc2)C=C(c2ccccc2)N(c2ccccc2)C1c1ccccc1.O=[N+]([O-])O. The number of anilines is 1. The Balaban J connectivity index is 0.000000636. The number of hydrogen-bond donors (Lipinski definition) is 1. The van der Waals surface area contributed by atoms with E-state index in [9.17, 15) is 0 Å². The highest BCUT2D eigenvalue weighted by Crippen LogP contribution is 2.42. The lowest BCUT2D eigenvalue weighted by Gasteiger charge is -2.38. The van der Waals surface area contributed by atoms with Gasteiger partial charge in [-0.3, -0.25) is 0 Å². The van der Waals surface area contributed by atoms with Crippen molar-refractivity contribution in [2.24, 2.45) is 0 Å². The Morgan fingerprint density at radius 1 is 0.676 bits per heavy atom. The van der Waals surface area contributed by atoms with Gasteiger partial charge < -0.3 is 10.1 Å². The molecule has 0 bridgehead atoms. The van der Waals surface area contributed by atoms with E-state index in [0.29, 0.717) is 0 Å². The number of allylic oxidation sites excluding steroid dienone is 2. The molecule has 1 N–H and O–H groups in total. The van der Waals surface area contributed by atoms with E-state index in [1.54, 1.807) is 0 Å². The van der Waals surface area contributed by atoms with Crippen molar-refractivity contribution in [3.8, 4) is 0 Å². The van der Waals surface area contributed by atoms with Crippen LogP contribution in [0.25, 0.3) is 11.3 Å². The van der Waals surface area contributed by atoms with Crippen LogP contribution in [0, 0.1) is 10.1 Å². The summed E-state index contributed by atoms with van der Waals surface area (Å²) in [6.45, 7) is 0. The van der Waals surface area contributed by atoms with Crippen LogP contribution in [0.3, 0.4) is 0 Å². The summed E-state index contributed by atoms with van der Waals surface area (Å²) in [6, 6.07) is 42.8. The molecule has 0 amide bonds. The molecule has 0 saturated carbocycles. The number of rotatable bonds is 4. The molecule has 1 unspecified atom stereocenters. The molecule has 5 rings (SSSR count). The van der Waals surface area contributed by atoms with Crippen molar-refractivity contribution in [3.05, 3.63) is 160 Å². The quantitative estimate of drug-likeness (QED) is 0.269. The van der Waals surface area contributed by atoms with Gasteiger partial charge in [-0.15, -0.1) is 10.1 Å². The van der Waals surface area contributed by atoms with Crippen molar-refractivity contribution in [2.45, 2.75) is 6.04 Å². The van der Waals surface area contributed by atoms with Crippen molar-refractivity contribution in [2.75, 3.05) is 4.90 Å². The average molecular weight is 449 g/mol. The number of benzene rings is 4. The molecule has 0 radical (unpaired) electrons. The molecule has 0 spiro atoms. The normalized spacial score (nSPS) is 14.8. The van der Waals surface area contributed by atoms with Crippen molar-refractivity contribution >= 4 is 17.0 Å². The van der Waals surface area contributed by atoms with Gasteiger partial charge in [0.25, 0.3) is 5.09 Å². The third kappa shape index (κ3) is 5.40. The van der Waals surface area contributed by atoms with Gasteiger partial charge in [-0.25, -0.2) is 0 Å². The lowest BCUT2D eigenvalue weighted by atomic mass is 9.91. The number of hydrogen-bond acceptors (Lipinski definition) is 3. The summed E-state index contributed by atoms with van der Waals surface area (Å²) in [5, 5.41) is 13.6. The largest absolute Gasteiger partial charge is 0.330 e. The first kappa shape index (κ1) is 22.6. The minimum atomic E-state index is -1.50. The highest BCUT2D eigenvalue weighted by molar-refractivity contribution is 5.93.